The second-order valence-corrected chi connectivity index (χ2v) is 8.96. The van der Waals surface area contributed by atoms with E-state index in [9.17, 15) is 20.0 Å². The number of fused-ring (bicyclic) bond motifs is 1. The predicted molar refractivity (Wildman–Crippen MR) is 140 cm³/mol. The standard InChI is InChI=1S/C27H27N5O4/c1-19-6-8-20(9-7-19)26-22-4-2-3-5-23(22)27(34)31(28-26)25-18-21(10-11-24(25)32(35)36)30-14-12-29(13-15-30)16-17-33/h2-11,18,33H,12-17H2,1H3. The van der Waals surface area contributed by atoms with Crippen molar-refractivity contribution in [2.45, 2.75) is 6.92 Å². The summed E-state index contributed by atoms with van der Waals surface area (Å²) in [6.45, 7) is 5.71. The average Bonchev–Trinajstić information content (AvgIpc) is 2.90. The fourth-order valence-corrected chi connectivity index (χ4v) is 4.68. The van der Waals surface area contributed by atoms with Crippen molar-refractivity contribution in [3.05, 3.63) is 92.8 Å². The van der Waals surface area contributed by atoms with Gasteiger partial charge in [0, 0.05) is 55.4 Å². The van der Waals surface area contributed by atoms with Gasteiger partial charge in [0.05, 0.1) is 22.6 Å². The van der Waals surface area contributed by atoms with Crippen LogP contribution in [0.3, 0.4) is 0 Å². The highest BCUT2D eigenvalue weighted by Crippen LogP contribution is 2.30. The van der Waals surface area contributed by atoms with Crippen LogP contribution in [0.25, 0.3) is 27.7 Å². The molecule has 4 aromatic rings. The van der Waals surface area contributed by atoms with Crippen molar-refractivity contribution >= 4 is 22.1 Å². The third-order valence-corrected chi connectivity index (χ3v) is 6.67. The van der Waals surface area contributed by atoms with Crippen molar-refractivity contribution in [3.63, 3.8) is 0 Å². The zero-order valence-corrected chi connectivity index (χ0v) is 20.0. The Labute approximate surface area is 208 Å². The number of aryl methyl sites for hydroxylation is 1. The maximum absolute atomic E-state index is 13.6. The molecule has 0 unspecified atom stereocenters. The van der Waals surface area contributed by atoms with Crippen LogP contribution in [-0.4, -0.2) is 64.0 Å². The van der Waals surface area contributed by atoms with Crippen LogP contribution in [0.5, 0.6) is 0 Å². The highest BCUT2D eigenvalue weighted by Gasteiger charge is 2.24. The molecule has 0 radical (unpaired) electrons. The molecule has 9 heteroatoms. The molecule has 1 saturated heterocycles. The molecule has 3 aromatic carbocycles. The normalized spacial score (nSPS) is 14.3. The van der Waals surface area contributed by atoms with Crippen molar-refractivity contribution in [2.24, 2.45) is 0 Å². The lowest BCUT2D eigenvalue weighted by Gasteiger charge is -2.35. The van der Waals surface area contributed by atoms with Crippen molar-refractivity contribution in [3.8, 4) is 16.9 Å². The summed E-state index contributed by atoms with van der Waals surface area (Å²) in [6.07, 6.45) is 0. The van der Waals surface area contributed by atoms with Crippen LogP contribution in [0, 0.1) is 17.0 Å². The van der Waals surface area contributed by atoms with Crippen LogP contribution in [0.15, 0.2) is 71.5 Å². The molecule has 1 aromatic heterocycles. The average molecular weight is 486 g/mol. The minimum atomic E-state index is -0.479. The van der Waals surface area contributed by atoms with Crippen LogP contribution in [0.1, 0.15) is 5.56 Å². The smallest absolute Gasteiger partial charge is 0.295 e. The topological polar surface area (TPSA) is 105 Å². The van der Waals surface area contributed by atoms with Gasteiger partial charge in [-0.3, -0.25) is 19.8 Å². The number of aromatic nitrogens is 2. The maximum atomic E-state index is 13.6. The Kier molecular flexibility index (Phi) is 6.49. The van der Waals surface area contributed by atoms with E-state index < -0.39 is 10.5 Å². The second kappa shape index (κ2) is 9.88. The minimum Gasteiger partial charge on any atom is -0.395 e. The van der Waals surface area contributed by atoms with E-state index >= 15 is 0 Å². The fourth-order valence-electron chi connectivity index (χ4n) is 4.68. The van der Waals surface area contributed by atoms with Gasteiger partial charge in [-0.2, -0.15) is 9.78 Å². The molecule has 0 aliphatic carbocycles. The van der Waals surface area contributed by atoms with E-state index in [1.807, 2.05) is 43.3 Å². The quantitative estimate of drug-likeness (QED) is 0.330. The zero-order valence-electron chi connectivity index (χ0n) is 20.0. The third-order valence-electron chi connectivity index (χ3n) is 6.67. The Hall–Kier alpha value is -4.08. The highest BCUT2D eigenvalue weighted by atomic mass is 16.6. The van der Waals surface area contributed by atoms with Gasteiger partial charge in [-0.15, -0.1) is 0 Å². The van der Waals surface area contributed by atoms with E-state index in [2.05, 4.69) is 14.9 Å². The highest BCUT2D eigenvalue weighted by molar-refractivity contribution is 5.94. The van der Waals surface area contributed by atoms with Gasteiger partial charge in [0.15, 0.2) is 0 Å². The molecule has 9 nitrogen and oxygen atoms in total. The molecule has 0 saturated carbocycles. The van der Waals surface area contributed by atoms with E-state index in [0.29, 0.717) is 36.1 Å². The van der Waals surface area contributed by atoms with E-state index in [0.717, 1.165) is 29.9 Å². The Balaban J connectivity index is 1.66. The summed E-state index contributed by atoms with van der Waals surface area (Å²) >= 11 is 0. The molecule has 36 heavy (non-hydrogen) atoms. The molecule has 184 valence electrons. The molecule has 0 amide bonds. The minimum absolute atomic E-state index is 0.113. The number of β-amino-alcohol motifs (C(OH)–C–C–N with tert-alkyl or cyclic N) is 1. The molecule has 2 heterocycles. The molecule has 1 fully saturated rings. The molecule has 0 spiro atoms. The van der Waals surface area contributed by atoms with E-state index in [1.165, 1.54) is 10.7 Å². The van der Waals surface area contributed by atoms with Gasteiger partial charge in [-0.1, -0.05) is 48.0 Å². The first-order valence-corrected chi connectivity index (χ1v) is 11.9. The maximum Gasteiger partial charge on any atom is 0.295 e. The summed E-state index contributed by atoms with van der Waals surface area (Å²) in [6, 6.07) is 19.9. The molecule has 1 aliphatic rings. The second-order valence-electron chi connectivity index (χ2n) is 8.96. The number of nitro groups is 1. The Morgan fingerprint density at radius 3 is 2.33 bits per heavy atom. The first kappa shape index (κ1) is 23.7. The first-order valence-electron chi connectivity index (χ1n) is 11.9. The lowest BCUT2D eigenvalue weighted by molar-refractivity contribution is -0.384. The third kappa shape index (κ3) is 4.46. The molecular weight excluding hydrogens is 458 g/mol. The van der Waals surface area contributed by atoms with Crippen LogP contribution < -0.4 is 10.5 Å². The number of nitro benzene ring substituents is 1. The van der Waals surface area contributed by atoms with Gasteiger partial charge >= 0.3 is 0 Å². The lowest BCUT2D eigenvalue weighted by atomic mass is 10.0. The van der Waals surface area contributed by atoms with Crippen LogP contribution >= 0.6 is 0 Å². The SMILES string of the molecule is Cc1ccc(-c2nn(-c3cc(N4CCN(CCO)CC4)ccc3[N+](=O)[O-])c(=O)c3ccccc23)cc1. The van der Waals surface area contributed by atoms with Crippen molar-refractivity contribution in [1.82, 2.24) is 14.7 Å². The molecule has 1 N–H and O–H groups in total. The van der Waals surface area contributed by atoms with E-state index in [1.54, 1.807) is 24.3 Å². The zero-order chi connectivity index (χ0) is 25.2. The largest absolute Gasteiger partial charge is 0.395 e. The van der Waals surface area contributed by atoms with Gasteiger partial charge in [-0.05, 0) is 25.1 Å². The Bertz CT molecular complexity index is 1470. The Morgan fingerprint density at radius 2 is 1.67 bits per heavy atom. The van der Waals surface area contributed by atoms with Gasteiger partial charge in [0.25, 0.3) is 11.2 Å². The number of aliphatic hydroxyl groups is 1. The number of rotatable bonds is 6. The number of nitrogens with zero attached hydrogens (tertiary/aromatic N) is 5. The molecule has 0 bridgehead atoms. The van der Waals surface area contributed by atoms with Gasteiger partial charge in [0.2, 0.25) is 0 Å². The van der Waals surface area contributed by atoms with Crippen molar-refractivity contribution in [1.29, 1.82) is 0 Å². The molecule has 1 aliphatic heterocycles. The van der Waals surface area contributed by atoms with Gasteiger partial charge < -0.3 is 10.0 Å². The van der Waals surface area contributed by atoms with E-state index in [4.69, 9.17) is 0 Å². The lowest BCUT2D eigenvalue weighted by Crippen LogP contribution is -2.47. The number of benzene rings is 3. The summed E-state index contributed by atoms with van der Waals surface area (Å²) in [4.78, 5) is 29.4. The first-order chi connectivity index (χ1) is 17.5. The van der Waals surface area contributed by atoms with Crippen LogP contribution in [0.4, 0.5) is 11.4 Å². The fraction of sp³-hybridized carbons (Fsp3) is 0.259. The van der Waals surface area contributed by atoms with Crippen LogP contribution in [-0.2, 0) is 0 Å². The summed E-state index contributed by atoms with van der Waals surface area (Å²) in [7, 11) is 0. The van der Waals surface area contributed by atoms with E-state index in [-0.39, 0.29) is 18.0 Å². The molecule has 0 atom stereocenters. The number of aliphatic hydroxyl groups excluding tert-OH is 1. The predicted octanol–water partition coefficient (Wildman–Crippen LogP) is 3.38. The van der Waals surface area contributed by atoms with Crippen molar-refractivity contribution in [2.75, 3.05) is 44.2 Å². The monoisotopic (exact) mass is 485 g/mol. The summed E-state index contributed by atoms with van der Waals surface area (Å²) in [5, 5.41) is 27.0. The summed E-state index contributed by atoms with van der Waals surface area (Å²) in [5.74, 6) is 0. The number of hydrogen-bond acceptors (Lipinski definition) is 7. The van der Waals surface area contributed by atoms with Crippen LogP contribution in [0.2, 0.25) is 0 Å². The number of piperazine rings is 1. The molecule has 5 rings (SSSR count). The van der Waals surface area contributed by atoms with Gasteiger partial charge in [-0.25, -0.2) is 0 Å². The molecular formula is C27H27N5O4. The summed E-state index contributed by atoms with van der Waals surface area (Å²) in [5.41, 5.74) is 2.84. The van der Waals surface area contributed by atoms with Crippen molar-refractivity contribution < 1.29 is 10.0 Å². The number of anilines is 1. The summed E-state index contributed by atoms with van der Waals surface area (Å²) < 4.78 is 1.17. The Morgan fingerprint density at radius 1 is 0.972 bits per heavy atom. The number of hydrogen-bond donors (Lipinski definition) is 1. The van der Waals surface area contributed by atoms with Gasteiger partial charge in [0.1, 0.15) is 5.69 Å².